The Morgan fingerprint density at radius 3 is 2.86 bits per heavy atom. The van der Waals surface area contributed by atoms with Gasteiger partial charge in [0.1, 0.15) is 0 Å². The fourth-order valence-corrected chi connectivity index (χ4v) is 4.46. The highest BCUT2D eigenvalue weighted by Crippen LogP contribution is 2.34. The van der Waals surface area contributed by atoms with Crippen LogP contribution < -0.4 is 14.8 Å². The molecule has 3 aromatic rings. The van der Waals surface area contributed by atoms with Crippen molar-refractivity contribution in [2.24, 2.45) is 5.92 Å². The van der Waals surface area contributed by atoms with Gasteiger partial charge in [0, 0.05) is 48.5 Å². The van der Waals surface area contributed by atoms with Crippen molar-refractivity contribution >= 4 is 33.8 Å². The third-order valence-electron chi connectivity index (χ3n) is 5.33. The number of rotatable bonds is 4. The molecule has 0 bridgehead atoms. The van der Waals surface area contributed by atoms with E-state index in [0.29, 0.717) is 49.5 Å². The third-order valence-corrected chi connectivity index (χ3v) is 6.10. The molecule has 0 radical (unpaired) electrons. The molecule has 9 heteroatoms. The maximum Gasteiger partial charge on any atom is 0.231 e. The number of hydrogen-bond donors (Lipinski definition) is 1. The Labute approximate surface area is 171 Å². The molecule has 5 rings (SSSR count). The van der Waals surface area contributed by atoms with Crippen LogP contribution in [0.4, 0.5) is 5.69 Å². The number of amides is 2. The number of ether oxygens (including phenoxy) is 2. The molecule has 0 aliphatic carbocycles. The van der Waals surface area contributed by atoms with E-state index in [2.05, 4.69) is 10.3 Å². The number of likely N-dealkylation sites (tertiary alicyclic amines) is 1. The van der Waals surface area contributed by atoms with Crippen molar-refractivity contribution < 1.29 is 19.1 Å². The van der Waals surface area contributed by atoms with Crippen LogP contribution in [0.2, 0.25) is 0 Å². The Bertz CT molecular complexity index is 1040. The number of thiazole rings is 1. The molecular weight excluding hydrogens is 392 g/mol. The van der Waals surface area contributed by atoms with Crippen molar-refractivity contribution in [3.63, 3.8) is 0 Å². The quantitative estimate of drug-likeness (QED) is 0.712. The Balaban J connectivity index is 1.14. The van der Waals surface area contributed by atoms with Crippen molar-refractivity contribution in [2.75, 3.05) is 25.2 Å². The van der Waals surface area contributed by atoms with E-state index in [0.717, 1.165) is 10.7 Å². The number of piperidine rings is 1. The van der Waals surface area contributed by atoms with Gasteiger partial charge in [-0.1, -0.05) is 0 Å². The predicted octanol–water partition coefficient (Wildman–Crippen LogP) is 2.54. The summed E-state index contributed by atoms with van der Waals surface area (Å²) < 4.78 is 12.6. The normalized spacial score (nSPS) is 16.3. The molecule has 2 aromatic heterocycles. The van der Waals surface area contributed by atoms with Crippen LogP contribution >= 0.6 is 11.3 Å². The topological polar surface area (TPSA) is 85.2 Å². The number of nitrogens with zero attached hydrogens (tertiary/aromatic N) is 3. The summed E-state index contributed by atoms with van der Waals surface area (Å²) in [6.07, 6.45) is 5.43. The molecule has 0 unspecified atom stereocenters. The van der Waals surface area contributed by atoms with Gasteiger partial charge in [0.25, 0.3) is 0 Å². The maximum atomic E-state index is 12.6. The molecule has 0 atom stereocenters. The Morgan fingerprint density at radius 2 is 2.03 bits per heavy atom. The van der Waals surface area contributed by atoms with E-state index in [1.807, 2.05) is 27.1 Å². The lowest BCUT2D eigenvalue weighted by atomic mass is 9.95. The number of aromatic nitrogens is 2. The van der Waals surface area contributed by atoms with Gasteiger partial charge >= 0.3 is 0 Å². The van der Waals surface area contributed by atoms with Crippen LogP contribution in [0, 0.1) is 5.92 Å². The van der Waals surface area contributed by atoms with Crippen molar-refractivity contribution in [3.8, 4) is 11.5 Å². The number of benzene rings is 1. The Hall–Kier alpha value is -3.07. The van der Waals surface area contributed by atoms with E-state index in [-0.39, 0.29) is 24.5 Å². The molecule has 0 spiro atoms. The zero-order valence-corrected chi connectivity index (χ0v) is 16.5. The standard InChI is InChI=1S/C20H20N4O4S/c25-18(10-15-11-24-7-8-29-20(24)22-15)23-5-3-13(4-6-23)19(26)21-14-1-2-16-17(9-14)28-12-27-16/h1-2,7-9,11,13H,3-6,10,12H2,(H,21,26). The van der Waals surface area contributed by atoms with Gasteiger partial charge in [0.05, 0.1) is 12.1 Å². The summed E-state index contributed by atoms with van der Waals surface area (Å²) in [6.45, 7) is 1.37. The van der Waals surface area contributed by atoms with Crippen molar-refractivity contribution in [1.82, 2.24) is 14.3 Å². The largest absolute Gasteiger partial charge is 0.454 e. The summed E-state index contributed by atoms with van der Waals surface area (Å²) in [5.41, 5.74) is 1.47. The van der Waals surface area contributed by atoms with Crippen LogP contribution in [0.15, 0.2) is 36.0 Å². The highest BCUT2D eigenvalue weighted by Gasteiger charge is 2.28. The third kappa shape index (κ3) is 3.65. The minimum atomic E-state index is -0.109. The van der Waals surface area contributed by atoms with Crippen LogP contribution in [-0.2, 0) is 16.0 Å². The SMILES string of the molecule is O=C(Nc1ccc2c(c1)OCO2)C1CCN(C(=O)Cc2cn3ccsc3n2)CC1. The fourth-order valence-electron chi connectivity index (χ4n) is 3.74. The van der Waals surface area contributed by atoms with Gasteiger partial charge in [0.15, 0.2) is 16.5 Å². The summed E-state index contributed by atoms with van der Waals surface area (Å²) in [4.78, 5) is 32.4. The van der Waals surface area contributed by atoms with Crippen LogP contribution in [0.3, 0.4) is 0 Å². The highest BCUT2D eigenvalue weighted by atomic mass is 32.1. The molecule has 1 aromatic carbocycles. The fraction of sp³-hybridized carbons (Fsp3) is 0.350. The molecule has 2 aliphatic rings. The minimum absolute atomic E-state index is 0.0229. The smallest absolute Gasteiger partial charge is 0.231 e. The monoisotopic (exact) mass is 412 g/mol. The molecule has 1 saturated heterocycles. The summed E-state index contributed by atoms with van der Waals surface area (Å²) in [5, 5.41) is 4.91. The average Bonchev–Trinajstić information content (AvgIpc) is 3.44. The molecular formula is C20H20N4O4S. The second kappa shape index (κ2) is 7.40. The van der Waals surface area contributed by atoms with E-state index in [1.54, 1.807) is 29.5 Å². The van der Waals surface area contributed by atoms with E-state index in [9.17, 15) is 9.59 Å². The molecule has 4 heterocycles. The molecule has 1 N–H and O–H groups in total. The average molecular weight is 412 g/mol. The zero-order chi connectivity index (χ0) is 19.8. The summed E-state index contributed by atoms with van der Waals surface area (Å²) in [6, 6.07) is 5.37. The first-order chi connectivity index (χ1) is 14.2. The molecule has 150 valence electrons. The zero-order valence-electron chi connectivity index (χ0n) is 15.7. The second-order valence-electron chi connectivity index (χ2n) is 7.21. The van der Waals surface area contributed by atoms with Gasteiger partial charge < -0.3 is 19.7 Å². The number of fused-ring (bicyclic) bond motifs is 2. The van der Waals surface area contributed by atoms with Gasteiger partial charge in [0.2, 0.25) is 18.6 Å². The maximum absolute atomic E-state index is 12.6. The second-order valence-corrected chi connectivity index (χ2v) is 8.09. The summed E-state index contributed by atoms with van der Waals surface area (Å²) >= 11 is 1.55. The van der Waals surface area contributed by atoms with E-state index < -0.39 is 0 Å². The van der Waals surface area contributed by atoms with Crippen LogP contribution in [0.5, 0.6) is 11.5 Å². The van der Waals surface area contributed by atoms with Gasteiger partial charge in [-0.25, -0.2) is 4.98 Å². The molecule has 2 aliphatic heterocycles. The Kier molecular flexibility index (Phi) is 4.59. The van der Waals surface area contributed by atoms with Gasteiger partial charge in [-0.3, -0.25) is 14.0 Å². The predicted molar refractivity (Wildman–Crippen MR) is 107 cm³/mol. The molecule has 29 heavy (non-hydrogen) atoms. The van der Waals surface area contributed by atoms with Crippen LogP contribution in [0.1, 0.15) is 18.5 Å². The number of imidazole rings is 1. The van der Waals surface area contributed by atoms with E-state index in [1.165, 1.54) is 0 Å². The summed E-state index contributed by atoms with van der Waals surface area (Å²) in [7, 11) is 0. The number of hydrogen-bond acceptors (Lipinski definition) is 6. The van der Waals surface area contributed by atoms with Crippen molar-refractivity contribution in [3.05, 3.63) is 41.7 Å². The first-order valence-corrected chi connectivity index (χ1v) is 10.4. The molecule has 2 amide bonds. The van der Waals surface area contributed by atoms with Crippen LogP contribution in [-0.4, -0.2) is 46.0 Å². The van der Waals surface area contributed by atoms with Crippen molar-refractivity contribution in [1.29, 1.82) is 0 Å². The number of anilines is 1. The van der Waals surface area contributed by atoms with Crippen molar-refractivity contribution in [2.45, 2.75) is 19.3 Å². The number of carbonyl (C=O) groups excluding carboxylic acids is 2. The van der Waals surface area contributed by atoms with Gasteiger partial charge in [-0.05, 0) is 25.0 Å². The lowest BCUT2D eigenvalue weighted by molar-refractivity contribution is -0.133. The Morgan fingerprint density at radius 1 is 1.21 bits per heavy atom. The van der Waals surface area contributed by atoms with Gasteiger partial charge in [-0.15, -0.1) is 11.3 Å². The van der Waals surface area contributed by atoms with Crippen LogP contribution in [0.25, 0.3) is 4.96 Å². The lowest BCUT2D eigenvalue weighted by Crippen LogP contribution is -2.42. The molecule has 0 saturated carbocycles. The number of nitrogens with one attached hydrogen (secondary N) is 1. The first-order valence-electron chi connectivity index (χ1n) is 9.55. The first kappa shape index (κ1) is 18.0. The highest BCUT2D eigenvalue weighted by molar-refractivity contribution is 7.15. The molecule has 1 fully saturated rings. The van der Waals surface area contributed by atoms with E-state index in [4.69, 9.17) is 9.47 Å². The number of carbonyl (C=O) groups is 2. The lowest BCUT2D eigenvalue weighted by Gasteiger charge is -2.31. The van der Waals surface area contributed by atoms with Gasteiger partial charge in [-0.2, -0.15) is 0 Å². The summed E-state index contributed by atoms with van der Waals surface area (Å²) in [5.74, 6) is 1.26. The molecule has 8 nitrogen and oxygen atoms in total. The minimum Gasteiger partial charge on any atom is -0.454 e. The van der Waals surface area contributed by atoms with E-state index >= 15 is 0 Å².